The fourth-order valence-corrected chi connectivity index (χ4v) is 3.15. The Labute approximate surface area is 138 Å². The fraction of sp³-hybridized carbons (Fsp3) is 0.867. The number of halogens is 1. The van der Waals surface area contributed by atoms with Crippen molar-refractivity contribution >= 4 is 24.4 Å². The smallest absolute Gasteiger partial charge is 0.410 e. The van der Waals surface area contributed by atoms with Gasteiger partial charge in [0, 0.05) is 32.5 Å². The first-order valence-corrected chi connectivity index (χ1v) is 8.06. The highest BCUT2D eigenvalue weighted by atomic mass is 35.5. The zero-order valence-corrected chi connectivity index (χ0v) is 14.2. The third-order valence-electron chi connectivity index (χ3n) is 4.52. The molecule has 2 aliphatic rings. The highest BCUT2D eigenvalue weighted by Crippen LogP contribution is 2.33. The average Bonchev–Trinajstić information content (AvgIpc) is 2.79. The summed E-state index contributed by atoms with van der Waals surface area (Å²) in [6.45, 7) is 4.94. The molecule has 0 radical (unpaired) electrons. The second kappa shape index (κ2) is 8.58. The van der Waals surface area contributed by atoms with E-state index in [1.807, 2.05) is 4.90 Å². The third kappa shape index (κ3) is 4.49. The summed E-state index contributed by atoms with van der Waals surface area (Å²) in [5.41, 5.74) is 5.00. The van der Waals surface area contributed by atoms with Gasteiger partial charge < -0.3 is 20.3 Å². The Bertz CT molecular complexity index is 384. The molecule has 2 N–H and O–H groups in total. The summed E-state index contributed by atoms with van der Waals surface area (Å²) in [4.78, 5) is 27.2. The number of carbonyl (C=O) groups is 2. The van der Waals surface area contributed by atoms with Gasteiger partial charge in [-0.05, 0) is 6.42 Å². The monoisotopic (exact) mass is 333 g/mol. The summed E-state index contributed by atoms with van der Waals surface area (Å²) in [7, 11) is 0. The van der Waals surface area contributed by atoms with Gasteiger partial charge in [0.1, 0.15) is 5.60 Å². The lowest BCUT2D eigenvalue weighted by atomic mass is 9.91. The number of rotatable bonds is 6. The Balaban J connectivity index is 0.00000242. The van der Waals surface area contributed by atoms with Gasteiger partial charge in [0.25, 0.3) is 0 Å². The second-order valence-electron chi connectivity index (χ2n) is 6.12. The number of amides is 2. The predicted octanol–water partition coefficient (Wildman–Crippen LogP) is 1.76. The van der Waals surface area contributed by atoms with E-state index in [1.165, 1.54) is 12.8 Å². The maximum atomic E-state index is 12.0. The Hall–Kier alpha value is -1.01. The summed E-state index contributed by atoms with van der Waals surface area (Å²) in [6.07, 6.45) is 5.85. The lowest BCUT2D eigenvalue weighted by Gasteiger charge is -2.37. The van der Waals surface area contributed by atoms with E-state index < -0.39 is 0 Å². The van der Waals surface area contributed by atoms with Gasteiger partial charge in [-0.3, -0.25) is 4.79 Å². The van der Waals surface area contributed by atoms with E-state index in [-0.39, 0.29) is 36.6 Å². The van der Waals surface area contributed by atoms with Gasteiger partial charge in [-0.2, -0.15) is 0 Å². The SMILES string of the molecule is CCCCCCN1CC2(CCN(C(=O)CN)CC2)OC1=O.Cl. The molecular weight excluding hydrogens is 306 g/mol. The minimum absolute atomic E-state index is 0. The van der Waals surface area contributed by atoms with Gasteiger partial charge >= 0.3 is 6.09 Å². The van der Waals surface area contributed by atoms with Gasteiger partial charge in [0.15, 0.2) is 0 Å². The molecule has 6 nitrogen and oxygen atoms in total. The molecule has 2 heterocycles. The number of unbranched alkanes of at least 4 members (excludes halogenated alkanes) is 3. The zero-order valence-electron chi connectivity index (χ0n) is 13.4. The number of ether oxygens (including phenoxy) is 1. The topological polar surface area (TPSA) is 75.9 Å². The average molecular weight is 334 g/mol. The molecule has 0 atom stereocenters. The van der Waals surface area contributed by atoms with Crippen LogP contribution in [0.5, 0.6) is 0 Å². The summed E-state index contributed by atoms with van der Waals surface area (Å²) < 4.78 is 5.64. The molecule has 2 fully saturated rings. The van der Waals surface area contributed by atoms with Crippen molar-refractivity contribution < 1.29 is 14.3 Å². The van der Waals surface area contributed by atoms with E-state index >= 15 is 0 Å². The first-order valence-electron chi connectivity index (χ1n) is 8.06. The van der Waals surface area contributed by atoms with Crippen LogP contribution in [0.2, 0.25) is 0 Å². The van der Waals surface area contributed by atoms with Crippen LogP contribution in [-0.2, 0) is 9.53 Å². The largest absolute Gasteiger partial charge is 0.441 e. The molecule has 0 aliphatic carbocycles. The second-order valence-corrected chi connectivity index (χ2v) is 6.12. The van der Waals surface area contributed by atoms with E-state index in [0.29, 0.717) is 19.6 Å². The highest BCUT2D eigenvalue weighted by Gasteiger charge is 2.47. The molecular formula is C15H28ClN3O3. The number of likely N-dealkylation sites (tertiary alicyclic amines) is 1. The number of piperidine rings is 1. The van der Waals surface area contributed by atoms with Crippen molar-refractivity contribution in [3.05, 3.63) is 0 Å². The van der Waals surface area contributed by atoms with E-state index in [9.17, 15) is 9.59 Å². The van der Waals surface area contributed by atoms with Crippen molar-refractivity contribution in [1.82, 2.24) is 9.80 Å². The number of nitrogens with two attached hydrogens (primary N) is 1. The number of carbonyl (C=O) groups excluding carboxylic acids is 2. The Morgan fingerprint density at radius 1 is 1.27 bits per heavy atom. The van der Waals surface area contributed by atoms with Crippen LogP contribution in [-0.4, -0.2) is 60.1 Å². The van der Waals surface area contributed by atoms with Crippen LogP contribution in [0.1, 0.15) is 45.4 Å². The molecule has 0 unspecified atom stereocenters. The van der Waals surface area contributed by atoms with Crippen molar-refractivity contribution in [2.75, 3.05) is 32.7 Å². The van der Waals surface area contributed by atoms with Crippen LogP contribution in [0.4, 0.5) is 4.79 Å². The predicted molar refractivity (Wildman–Crippen MR) is 87.0 cm³/mol. The lowest BCUT2D eigenvalue weighted by molar-refractivity contribution is -0.133. The standard InChI is InChI=1S/C15H27N3O3.ClH/c1-2-3-4-5-8-18-12-15(21-14(18)20)6-9-17(10-7-15)13(19)11-16;/h2-12,16H2,1H3;1H. The number of hydrogen-bond acceptors (Lipinski definition) is 4. The third-order valence-corrected chi connectivity index (χ3v) is 4.52. The first kappa shape index (κ1) is 19.0. The zero-order chi connectivity index (χ0) is 15.3. The quantitative estimate of drug-likeness (QED) is 0.751. The fourth-order valence-electron chi connectivity index (χ4n) is 3.15. The molecule has 0 aromatic heterocycles. The molecule has 1 spiro atoms. The summed E-state index contributed by atoms with van der Waals surface area (Å²) >= 11 is 0. The molecule has 0 aromatic carbocycles. The summed E-state index contributed by atoms with van der Waals surface area (Å²) in [5, 5.41) is 0. The lowest BCUT2D eigenvalue weighted by Crippen LogP contribution is -2.50. The van der Waals surface area contributed by atoms with Gasteiger partial charge in [0.2, 0.25) is 5.91 Å². The van der Waals surface area contributed by atoms with E-state index in [1.54, 1.807) is 4.90 Å². The maximum Gasteiger partial charge on any atom is 0.410 e. The first-order chi connectivity index (χ1) is 10.1. The minimum atomic E-state index is -0.382. The number of hydrogen-bond donors (Lipinski definition) is 1. The minimum Gasteiger partial charge on any atom is -0.441 e. The normalized spacial score (nSPS) is 20.0. The molecule has 0 saturated carbocycles. The van der Waals surface area contributed by atoms with Gasteiger partial charge in [-0.1, -0.05) is 26.2 Å². The van der Waals surface area contributed by atoms with Crippen LogP contribution in [0.15, 0.2) is 0 Å². The molecule has 2 amide bonds. The van der Waals surface area contributed by atoms with Crippen LogP contribution >= 0.6 is 12.4 Å². The van der Waals surface area contributed by atoms with Gasteiger partial charge in [-0.25, -0.2) is 4.79 Å². The Morgan fingerprint density at radius 2 is 1.95 bits per heavy atom. The van der Waals surface area contributed by atoms with Gasteiger partial charge in [0.05, 0.1) is 13.1 Å². The van der Waals surface area contributed by atoms with E-state index in [4.69, 9.17) is 10.5 Å². The Morgan fingerprint density at radius 3 is 2.55 bits per heavy atom. The summed E-state index contributed by atoms with van der Waals surface area (Å²) in [6, 6.07) is 0. The maximum absolute atomic E-state index is 12.0. The molecule has 2 saturated heterocycles. The molecule has 22 heavy (non-hydrogen) atoms. The number of nitrogens with zero attached hydrogens (tertiary/aromatic N) is 2. The molecule has 2 aliphatic heterocycles. The van der Waals surface area contributed by atoms with Crippen molar-refractivity contribution in [3.63, 3.8) is 0 Å². The molecule has 0 aromatic rings. The van der Waals surface area contributed by atoms with Crippen molar-refractivity contribution in [1.29, 1.82) is 0 Å². The molecule has 7 heteroatoms. The molecule has 2 rings (SSSR count). The van der Waals surface area contributed by atoms with Crippen molar-refractivity contribution in [2.24, 2.45) is 5.73 Å². The molecule has 0 bridgehead atoms. The van der Waals surface area contributed by atoms with Crippen molar-refractivity contribution in [2.45, 2.75) is 51.0 Å². The van der Waals surface area contributed by atoms with Crippen LogP contribution in [0.25, 0.3) is 0 Å². The molecule has 128 valence electrons. The van der Waals surface area contributed by atoms with E-state index in [2.05, 4.69) is 6.92 Å². The van der Waals surface area contributed by atoms with E-state index in [0.717, 1.165) is 32.2 Å². The van der Waals surface area contributed by atoms with Crippen LogP contribution < -0.4 is 5.73 Å². The van der Waals surface area contributed by atoms with Crippen LogP contribution in [0, 0.1) is 0 Å². The highest BCUT2D eigenvalue weighted by molar-refractivity contribution is 5.85. The van der Waals surface area contributed by atoms with Gasteiger partial charge in [-0.15, -0.1) is 12.4 Å². The van der Waals surface area contributed by atoms with Crippen molar-refractivity contribution in [3.8, 4) is 0 Å². The Kier molecular flexibility index (Phi) is 7.42. The summed E-state index contributed by atoms with van der Waals surface area (Å²) in [5.74, 6) is -0.0226. The van der Waals surface area contributed by atoms with Crippen LogP contribution in [0.3, 0.4) is 0 Å².